The molecule has 0 aliphatic rings. The molecule has 0 saturated carbocycles. The second kappa shape index (κ2) is 22.8. The van der Waals surface area contributed by atoms with Crippen molar-refractivity contribution in [2.45, 2.75) is 0 Å². The first-order chi connectivity index (χ1) is 45.2. The molecule has 0 bridgehead atoms. The lowest BCUT2D eigenvalue weighted by Gasteiger charge is -2.20. The summed E-state index contributed by atoms with van der Waals surface area (Å²) in [5.74, 6) is 0. The van der Waals surface area contributed by atoms with E-state index in [2.05, 4.69) is 75.9 Å². The molecule has 3 aromatic heterocycles. The Balaban J connectivity index is 1.10. The van der Waals surface area contributed by atoms with E-state index in [0.717, 1.165) is 49.3 Å². The Hall–Kier alpha value is -14.4. The monoisotopic (exact) mass is 1170 g/mol. The van der Waals surface area contributed by atoms with Gasteiger partial charge in [0.05, 0.1) is 143 Å². The first-order valence-corrected chi connectivity index (χ1v) is 28.8. The van der Waals surface area contributed by atoms with Crippen LogP contribution >= 0.6 is 0 Å². The molecule has 11 aromatic carbocycles. The number of nitriles is 9. The summed E-state index contributed by atoms with van der Waals surface area (Å²) < 4.78 is 4.20. The van der Waals surface area contributed by atoms with E-state index in [1.165, 1.54) is 0 Å². The van der Waals surface area contributed by atoms with Gasteiger partial charge in [0.15, 0.2) is 0 Å². The lowest BCUT2D eigenvalue weighted by molar-refractivity contribution is 1.13. The van der Waals surface area contributed by atoms with Gasteiger partial charge >= 0.3 is 0 Å². The van der Waals surface area contributed by atoms with Crippen LogP contribution in [-0.2, 0) is 0 Å². The molecule has 0 fully saturated rings. The fourth-order valence-electron chi connectivity index (χ4n) is 12.5. The zero-order chi connectivity index (χ0) is 63.1. The molecule has 0 atom stereocenters. The third-order valence-corrected chi connectivity index (χ3v) is 16.8. The number of aromatic nitrogens is 3. The van der Waals surface area contributed by atoms with Gasteiger partial charge in [-0.05, 0) is 171 Å². The van der Waals surface area contributed by atoms with Gasteiger partial charge in [-0.25, -0.2) is 4.98 Å². The van der Waals surface area contributed by atoms with Crippen molar-refractivity contribution in [2.24, 2.45) is 0 Å². The quantitative estimate of drug-likeness (QED) is 0.132. The van der Waals surface area contributed by atoms with Crippen LogP contribution in [0.5, 0.6) is 0 Å². The first kappa shape index (κ1) is 55.5. The molecule has 0 N–H and O–H groups in total. The number of rotatable bonds is 9. The topological polar surface area (TPSA) is 237 Å². The lowest BCUT2D eigenvalue weighted by atomic mass is 9.95. The van der Waals surface area contributed by atoms with E-state index in [1.54, 1.807) is 72.8 Å². The summed E-state index contributed by atoms with van der Waals surface area (Å²) in [4.78, 5) is 5.30. The zero-order valence-electron chi connectivity index (χ0n) is 48.3. The zero-order valence-corrected chi connectivity index (χ0v) is 48.3. The van der Waals surface area contributed by atoms with Crippen molar-refractivity contribution in [3.8, 4) is 144 Å². The van der Waals surface area contributed by atoms with E-state index in [0.29, 0.717) is 134 Å². The van der Waals surface area contributed by atoms with Crippen molar-refractivity contribution in [1.29, 1.82) is 47.4 Å². The Kier molecular flexibility index (Phi) is 13.7. The first-order valence-electron chi connectivity index (χ1n) is 28.8. The molecule has 3 heterocycles. The summed E-state index contributed by atoms with van der Waals surface area (Å²) in [5, 5.41) is 96.0. The SMILES string of the molecule is N#Cc1ccc(-c2ccc3c(c2)c2cc(-c4ccc(C#N)cc4C#N)ccc2n3-c2cc(-c3cc(-c4ccccc4)nc(-c4ccccc4)c3)c(-n3c4ccc(-c5ccc(C#N)cc5C#N)cc4c4cc(-c5ccc(C#N)cc5C#N)ccc43)cc2C#N)c(C#N)c1. The molecule has 0 aliphatic carbocycles. The molecular weight excluding hydrogens is 1130 g/mol. The summed E-state index contributed by atoms with van der Waals surface area (Å²) in [6.45, 7) is 0. The molecule has 418 valence electrons. The van der Waals surface area contributed by atoms with Crippen molar-refractivity contribution in [3.05, 3.63) is 281 Å². The second-order valence-corrected chi connectivity index (χ2v) is 21.9. The van der Waals surface area contributed by atoms with Crippen LogP contribution in [0.25, 0.3) is 133 Å². The van der Waals surface area contributed by atoms with E-state index < -0.39 is 0 Å². The number of fused-ring (bicyclic) bond motifs is 6. The number of benzene rings is 11. The van der Waals surface area contributed by atoms with E-state index in [1.807, 2.05) is 146 Å². The molecule has 92 heavy (non-hydrogen) atoms. The van der Waals surface area contributed by atoms with Crippen LogP contribution in [0.1, 0.15) is 50.1 Å². The maximum Gasteiger partial charge on any atom is 0.101 e. The van der Waals surface area contributed by atoms with Gasteiger partial charge in [-0.3, -0.25) is 0 Å². The summed E-state index contributed by atoms with van der Waals surface area (Å²) in [5.41, 5.74) is 16.9. The molecule has 14 rings (SSSR count). The van der Waals surface area contributed by atoms with Crippen LogP contribution in [0.4, 0.5) is 0 Å². The molecule has 12 nitrogen and oxygen atoms in total. The lowest BCUT2D eigenvalue weighted by Crippen LogP contribution is -2.04. The van der Waals surface area contributed by atoms with Crippen molar-refractivity contribution in [3.63, 3.8) is 0 Å². The highest BCUT2D eigenvalue weighted by molar-refractivity contribution is 6.14. The van der Waals surface area contributed by atoms with Crippen molar-refractivity contribution < 1.29 is 0 Å². The maximum absolute atomic E-state index is 11.9. The van der Waals surface area contributed by atoms with Gasteiger partial charge in [-0.15, -0.1) is 0 Å². The summed E-state index contributed by atoms with van der Waals surface area (Å²) >= 11 is 0. The number of hydrogen-bond acceptors (Lipinski definition) is 10. The molecular formula is C80H38N12. The summed E-state index contributed by atoms with van der Waals surface area (Å²) in [6, 6.07) is 92.1. The highest BCUT2D eigenvalue weighted by Crippen LogP contribution is 2.46. The Morgan fingerprint density at radius 1 is 0.228 bits per heavy atom. The van der Waals surface area contributed by atoms with E-state index in [9.17, 15) is 47.4 Å². The number of pyridine rings is 1. The Morgan fingerprint density at radius 2 is 0.543 bits per heavy atom. The van der Waals surface area contributed by atoms with Crippen molar-refractivity contribution in [2.75, 3.05) is 0 Å². The molecule has 14 aromatic rings. The highest BCUT2D eigenvalue weighted by atomic mass is 15.0. The van der Waals surface area contributed by atoms with Crippen LogP contribution in [-0.4, -0.2) is 14.1 Å². The third kappa shape index (κ3) is 9.39. The standard InChI is InChI=1S/C80H38N12/c81-39-48-11-19-64(59(27-48)43-85)54-15-23-75-69(31-54)70-32-55(65-20-12-49(40-82)28-60(65)44-86)16-24-76(70)91(75)79-38-68(58-35-73(52-7-3-1-4-8-52)90-74(36-58)53-9-5-2-6-10-53)80(37-63(79)47-89)92-77-25-17-56(66-21-13-50(41-83)29-61(66)45-87)33-71(77)72-34-57(18-26-78(72)92)67-22-14-51(42-84)30-62(67)46-88/h1-38H. The van der Waals surface area contributed by atoms with Gasteiger partial charge < -0.3 is 9.13 Å². The molecule has 12 heteroatoms. The predicted molar refractivity (Wildman–Crippen MR) is 353 cm³/mol. The summed E-state index contributed by atoms with van der Waals surface area (Å²) in [6.07, 6.45) is 0. The molecule has 0 saturated heterocycles. The fraction of sp³-hybridized carbons (Fsp3) is 0. The maximum atomic E-state index is 11.9. The van der Waals surface area contributed by atoms with Crippen LogP contribution in [0.2, 0.25) is 0 Å². The minimum Gasteiger partial charge on any atom is -0.309 e. The van der Waals surface area contributed by atoms with Gasteiger partial charge in [0.25, 0.3) is 0 Å². The highest BCUT2D eigenvalue weighted by Gasteiger charge is 2.26. The van der Waals surface area contributed by atoms with Gasteiger partial charge in [0.2, 0.25) is 0 Å². The Morgan fingerprint density at radius 3 is 0.848 bits per heavy atom. The van der Waals surface area contributed by atoms with Crippen LogP contribution < -0.4 is 0 Å². The molecule has 0 spiro atoms. The molecule has 0 radical (unpaired) electrons. The minimum atomic E-state index is 0.296. The van der Waals surface area contributed by atoms with Crippen molar-refractivity contribution >= 4 is 43.6 Å². The molecule has 0 amide bonds. The summed E-state index contributed by atoms with van der Waals surface area (Å²) in [7, 11) is 0. The van der Waals surface area contributed by atoms with Crippen LogP contribution in [0.3, 0.4) is 0 Å². The van der Waals surface area contributed by atoms with Gasteiger partial charge in [0, 0.05) is 38.2 Å². The Bertz CT molecular complexity index is 5620. The third-order valence-electron chi connectivity index (χ3n) is 16.8. The Labute approximate surface area is 527 Å². The average molecular weight is 1170 g/mol. The van der Waals surface area contributed by atoms with Gasteiger partial charge in [-0.2, -0.15) is 47.4 Å². The largest absolute Gasteiger partial charge is 0.309 e. The van der Waals surface area contributed by atoms with Gasteiger partial charge in [0.1, 0.15) is 6.07 Å². The second-order valence-electron chi connectivity index (χ2n) is 21.9. The van der Waals surface area contributed by atoms with Gasteiger partial charge in [-0.1, -0.05) is 109 Å². The van der Waals surface area contributed by atoms with E-state index >= 15 is 0 Å². The van der Waals surface area contributed by atoms with Crippen molar-refractivity contribution in [1.82, 2.24) is 14.1 Å². The molecule has 0 aliphatic heterocycles. The molecule has 0 unspecified atom stereocenters. The average Bonchev–Trinajstić information content (AvgIpc) is 1.57. The minimum absolute atomic E-state index is 0.296. The van der Waals surface area contributed by atoms with Crippen LogP contribution in [0.15, 0.2) is 231 Å². The number of nitrogens with zero attached hydrogens (tertiary/aromatic N) is 12. The normalized spacial score (nSPS) is 10.7. The predicted octanol–water partition coefficient (Wildman–Crippen LogP) is 17.8. The smallest absolute Gasteiger partial charge is 0.101 e. The fourth-order valence-corrected chi connectivity index (χ4v) is 12.5. The van der Waals surface area contributed by atoms with E-state index in [4.69, 9.17) is 4.98 Å². The van der Waals surface area contributed by atoms with E-state index in [-0.39, 0.29) is 0 Å². The van der Waals surface area contributed by atoms with Crippen LogP contribution in [0, 0.1) is 102 Å². The number of hydrogen-bond donors (Lipinski definition) is 0.